The van der Waals surface area contributed by atoms with E-state index in [1.165, 1.54) is 18.5 Å². The predicted octanol–water partition coefficient (Wildman–Crippen LogP) is 1.53. The number of aromatic nitrogens is 3. The molecular formula is C16H18FN5O2. The van der Waals surface area contributed by atoms with Gasteiger partial charge in [0.05, 0.1) is 17.7 Å². The first-order chi connectivity index (χ1) is 11.6. The van der Waals surface area contributed by atoms with Gasteiger partial charge in [0.15, 0.2) is 0 Å². The second-order valence-electron chi connectivity index (χ2n) is 5.77. The highest BCUT2D eigenvalue weighted by Gasteiger charge is 2.36. The van der Waals surface area contributed by atoms with E-state index in [0.29, 0.717) is 12.3 Å². The maximum absolute atomic E-state index is 13.0. The van der Waals surface area contributed by atoms with Crippen LogP contribution < -0.4 is 5.32 Å². The summed E-state index contributed by atoms with van der Waals surface area (Å²) in [7, 11) is 0. The number of rotatable bonds is 5. The molecule has 0 saturated carbocycles. The molecule has 1 aromatic heterocycles. The first-order valence-electron chi connectivity index (χ1n) is 7.67. The number of hydrogen-bond donors (Lipinski definition) is 1. The number of amides is 1. The van der Waals surface area contributed by atoms with Crippen LogP contribution in [0.4, 0.5) is 4.39 Å². The zero-order valence-electron chi connectivity index (χ0n) is 13.4. The summed E-state index contributed by atoms with van der Waals surface area (Å²) in [6.07, 6.45) is 2.35. The third kappa shape index (κ3) is 3.27. The molecule has 3 atom stereocenters. The molecule has 1 amide bonds. The Bertz CT molecular complexity index is 729. The minimum atomic E-state index is -0.701. The molecule has 3 rings (SSSR count). The zero-order chi connectivity index (χ0) is 17.1. The highest BCUT2D eigenvalue weighted by molar-refractivity contribution is 6.05. The van der Waals surface area contributed by atoms with Crippen LogP contribution in [0.1, 0.15) is 25.5 Å². The van der Waals surface area contributed by atoms with Gasteiger partial charge in [0.25, 0.3) is 5.91 Å². The summed E-state index contributed by atoms with van der Waals surface area (Å²) < 4.78 is 14.7. The highest BCUT2D eigenvalue weighted by atomic mass is 19.1. The van der Waals surface area contributed by atoms with Crippen LogP contribution in [0.3, 0.4) is 0 Å². The summed E-state index contributed by atoms with van der Waals surface area (Å²) in [5.74, 6) is -0.783. The lowest BCUT2D eigenvalue weighted by Crippen LogP contribution is -2.41. The molecule has 0 saturated heterocycles. The van der Waals surface area contributed by atoms with Gasteiger partial charge >= 0.3 is 0 Å². The number of nitrogens with one attached hydrogen (secondary N) is 1. The molecule has 2 aromatic rings. The Morgan fingerprint density at radius 2 is 2.17 bits per heavy atom. The van der Waals surface area contributed by atoms with Gasteiger partial charge in [-0.3, -0.25) is 4.79 Å². The third-order valence-corrected chi connectivity index (χ3v) is 4.01. The molecule has 1 aliphatic heterocycles. The minimum Gasteiger partial charge on any atom is -0.381 e. The first kappa shape index (κ1) is 16.1. The van der Waals surface area contributed by atoms with Crippen molar-refractivity contribution in [3.8, 4) is 0 Å². The van der Waals surface area contributed by atoms with Gasteiger partial charge in [0.1, 0.15) is 18.5 Å². The van der Waals surface area contributed by atoms with Crippen LogP contribution in [0.2, 0.25) is 0 Å². The van der Waals surface area contributed by atoms with Crippen molar-refractivity contribution in [2.24, 2.45) is 11.1 Å². The Hall–Kier alpha value is -2.77. The lowest BCUT2D eigenvalue weighted by molar-refractivity contribution is -0.132. The normalized spacial score (nSPS) is 21.0. The van der Waals surface area contributed by atoms with E-state index < -0.39 is 6.10 Å². The van der Waals surface area contributed by atoms with Gasteiger partial charge in [-0.1, -0.05) is 24.2 Å². The largest absolute Gasteiger partial charge is 0.381 e. The molecule has 126 valence electrons. The number of oxime groups is 1. The quantitative estimate of drug-likeness (QED) is 0.901. The Balaban J connectivity index is 1.58. The molecule has 0 spiro atoms. The lowest BCUT2D eigenvalue weighted by atomic mass is 9.94. The fourth-order valence-electron chi connectivity index (χ4n) is 2.53. The van der Waals surface area contributed by atoms with Gasteiger partial charge < -0.3 is 10.2 Å². The smallest absolute Gasteiger partial charge is 0.264 e. The molecule has 0 aliphatic carbocycles. The van der Waals surface area contributed by atoms with E-state index in [2.05, 4.69) is 20.6 Å². The Morgan fingerprint density at radius 1 is 1.42 bits per heavy atom. The summed E-state index contributed by atoms with van der Waals surface area (Å²) in [5, 5.41) is 10.9. The topological polar surface area (TPSA) is 81.4 Å². The van der Waals surface area contributed by atoms with Gasteiger partial charge in [-0.2, -0.15) is 5.10 Å². The monoisotopic (exact) mass is 331 g/mol. The van der Waals surface area contributed by atoms with Crippen molar-refractivity contribution in [2.75, 3.05) is 6.54 Å². The molecule has 0 unspecified atom stereocenters. The predicted molar refractivity (Wildman–Crippen MR) is 84.7 cm³/mol. The van der Waals surface area contributed by atoms with Crippen LogP contribution in [-0.4, -0.2) is 39.0 Å². The fourth-order valence-corrected chi connectivity index (χ4v) is 2.53. The molecule has 1 N–H and O–H groups in total. The van der Waals surface area contributed by atoms with Crippen LogP contribution >= 0.6 is 0 Å². The van der Waals surface area contributed by atoms with Crippen molar-refractivity contribution in [3.05, 3.63) is 48.3 Å². The molecule has 24 heavy (non-hydrogen) atoms. The summed E-state index contributed by atoms with van der Waals surface area (Å²) in [6, 6.07) is 5.95. The van der Waals surface area contributed by atoms with Crippen molar-refractivity contribution in [1.29, 1.82) is 0 Å². The van der Waals surface area contributed by atoms with Gasteiger partial charge in [0, 0.05) is 6.54 Å². The molecule has 0 fully saturated rings. The number of carbonyl (C=O) groups is 1. The molecule has 0 bridgehead atoms. The number of nitrogens with zero attached hydrogens (tertiary/aromatic N) is 4. The van der Waals surface area contributed by atoms with E-state index in [0.717, 1.165) is 5.56 Å². The van der Waals surface area contributed by atoms with Gasteiger partial charge in [0.2, 0.25) is 6.10 Å². The maximum atomic E-state index is 13.0. The summed E-state index contributed by atoms with van der Waals surface area (Å²) in [6.45, 7) is 4.19. The van der Waals surface area contributed by atoms with Crippen molar-refractivity contribution in [1.82, 2.24) is 20.1 Å². The molecule has 7 nitrogen and oxygen atoms in total. The van der Waals surface area contributed by atoms with Crippen molar-refractivity contribution in [2.45, 2.75) is 26.0 Å². The number of carbonyl (C=O) groups excluding carboxylic acids is 1. The van der Waals surface area contributed by atoms with Crippen molar-refractivity contribution in [3.63, 3.8) is 0 Å². The van der Waals surface area contributed by atoms with Crippen LogP contribution in [-0.2, 0) is 9.63 Å². The molecular weight excluding hydrogens is 313 g/mol. The van der Waals surface area contributed by atoms with Crippen LogP contribution in [0.15, 0.2) is 42.1 Å². The Kier molecular flexibility index (Phi) is 4.54. The number of hydrogen-bond acceptors (Lipinski definition) is 5. The summed E-state index contributed by atoms with van der Waals surface area (Å²) in [4.78, 5) is 21.5. The molecule has 8 heteroatoms. The first-order valence-corrected chi connectivity index (χ1v) is 7.67. The second-order valence-corrected chi connectivity index (χ2v) is 5.77. The summed E-state index contributed by atoms with van der Waals surface area (Å²) >= 11 is 0. The average Bonchev–Trinajstić information content (AvgIpc) is 3.23. The van der Waals surface area contributed by atoms with E-state index in [-0.39, 0.29) is 23.7 Å². The van der Waals surface area contributed by atoms with E-state index in [1.807, 2.05) is 13.8 Å². The highest BCUT2D eigenvalue weighted by Crippen LogP contribution is 2.23. The number of halogens is 1. The van der Waals surface area contributed by atoms with Crippen molar-refractivity contribution >= 4 is 11.6 Å². The van der Waals surface area contributed by atoms with Crippen LogP contribution in [0, 0.1) is 11.7 Å². The minimum absolute atomic E-state index is 0.0225. The van der Waals surface area contributed by atoms with Gasteiger partial charge in [-0.05, 0) is 24.6 Å². The standard InChI is InChI=1S/C16H18FN5O2/c1-10(22-9-18-8-20-22)7-19-16(23)15-11(2)14(21-24-15)12-3-5-13(17)6-4-12/h3-6,8-11,15H,7H2,1-2H3,(H,19,23)/t10-,11+,15+/m0/s1. The fraction of sp³-hybridized carbons (Fsp3) is 0.375. The summed E-state index contributed by atoms with van der Waals surface area (Å²) in [5.41, 5.74) is 1.38. The average molecular weight is 331 g/mol. The van der Waals surface area contributed by atoms with E-state index in [4.69, 9.17) is 4.84 Å². The molecule has 0 radical (unpaired) electrons. The lowest BCUT2D eigenvalue weighted by Gasteiger charge is -2.17. The van der Waals surface area contributed by atoms with Gasteiger partial charge in [-0.25, -0.2) is 14.1 Å². The Labute approximate surface area is 138 Å². The number of benzene rings is 1. The van der Waals surface area contributed by atoms with Crippen molar-refractivity contribution < 1.29 is 14.0 Å². The maximum Gasteiger partial charge on any atom is 0.264 e. The van der Waals surface area contributed by atoms with Crippen LogP contribution in [0.25, 0.3) is 0 Å². The third-order valence-electron chi connectivity index (χ3n) is 4.01. The second kappa shape index (κ2) is 6.77. The Morgan fingerprint density at radius 3 is 2.83 bits per heavy atom. The van der Waals surface area contributed by atoms with Gasteiger partial charge in [-0.15, -0.1) is 0 Å². The molecule has 2 heterocycles. The molecule has 1 aliphatic rings. The SMILES string of the molecule is C[C@@H]1C(c2ccc(F)cc2)=NO[C@H]1C(=O)NC[C@H](C)n1cncn1. The van der Waals surface area contributed by atoms with E-state index >= 15 is 0 Å². The zero-order valence-corrected chi connectivity index (χ0v) is 13.4. The van der Waals surface area contributed by atoms with Crippen LogP contribution in [0.5, 0.6) is 0 Å². The molecule has 1 aromatic carbocycles. The van der Waals surface area contributed by atoms with E-state index in [1.54, 1.807) is 23.1 Å². The van der Waals surface area contributed by atoms with E-state index in [9.17, 15) is 9.18 Å².